The zero-order chi connectivity index (χ0) is 22.8. The number of carbonyl (C=O) groups excluding carboxylic acids is 1. The fourth-order valence-electron chi connectivity index (χ4n) is 3.57. The van der Waals surface area contributed by atoms with Crippen LogP contribution >= 0.6 is 0 Å². The van der Waals surface area contributed by atoms with Crippen molar-refractivity contribution in [3.63, 3.8) is 0 Å². The van der Waals surface area contributed by atoms with E-state index in [9.17, 15) is 13.6 Å². The van der Waals surface area contributed by atoms with Gasteiger partial charge in [0.25, 0.3) is 0 Å². The molecule has 162 valence electrons. The molecule has 0 saturated carbocycles. The Morgan fingerprint density at radius 3 is 2.72 bits per heavy atom. The molecule has 0 amide bonds. The summed E-state index contributed by atoms with van der Waals surface area (Å²) in [7, 11) is 3.96. The van der Waals surface area contributed by atoms with Crippen molar-refractivity contribution in [2.75, 3.05) is 14.1 Å². The fourth-order valence-corrected chi connectivity index (χ4v) is 3.57. The van der Waals surface area contributed by atoms with E-state index in [0.29, 0.717) is 16.7 Å². The van der Waals surface area contributed by atoms with Crippen LogP contribution in [0, 0.1) is 11.6 Å². The van der Waals surface area contributed by atoms with Gasteiger partial charge in [0.05, 0.1) is 5.69 Å². The smallest absolute Gasteiger partial charge is 0.197 e. The Morgan fingerprint density at radius 2 is 1.97 bits per heavy atom. The van der Waals surface area contributed by atoms with Gasteiger partial charge in [-0.2, -0.15) is 0 Å². The molecule has 0 aliphatic rings. The summed E-state index contributed by atoms with van der Waals surface area (Å²) in [5.41, 5.74) is 8.55. The molecule has 0 aliphatic carbocycles. The number of pyridine rings is 2. The van der Waals surface area contributed by atoms with Crippen molar-refractivity contribution >= 4 is 22.4 Å². The van der Waals surface area contributed by atoms with Crippen LogP contribution in [-0.2, 0) is 6.54 Å². The van der Waals surface area contributed by atoms with Crippen molar-refractivity contribution in [3.8, 4) is 11.3 Å². The average Bonchev–Trinajstić information content (AvgIpc) is 3.20. The number of allylic oxidation sites excluding steroid dienone is 1. The highest BCUT2D eigenvalue weighted by atomic mass is 19.2. The molecule has 0 aliphatic heterocycles. The van der Waals surface area contributed by atoms with Crippen LogP contribution in [-0.4, -0.2) is 39.7 Å². The SMILES string of the molecule is CN(C)Cc1ccnc(-c2cnc3[nH]cc(C(=O)C(=CN)c4cccc(F)c4F)c3c2)c1. The van der Waals surface area contributed by atoms with Crippen LogP contribution in [0.15, 0.2) is 61.2 Å². The zero-order valence-corrected chi connectivity index (χ0v) is 17.6. The average molecular weight is 433 g/mol. The van der Waals surface area contributed by atoms with E-state index in [4.69, 9.17) is 5.73 Å². The molecule has 32 heavy (non-hydrogen) atoms. The van der Waals surface area contributed by atoms with Crippen LogP contribution in [0.25, 0.3) is 27.9 Å². The van der Waals surface area contributed by atoms with E-state index in [1.165, 1.54) is 18.3 Å². The molecular weight excluding hydrogens is 412 g/mol. The molecule has 4 rings (SSSR count). The molecule has 3 aromatic heterocycles. The van der Waals surface area contributed by atoms with Crippen molar-refractivity contribution in [2.45, 2.75) is 6.54 Å². The molecule has 6 nitrogen and oxygen atoms in total. The van der Waals surface area contributed by atoms with Crippen molar-refractivity contribution in [2.24, 2.45) is 5.73 Å². The molecule has 3 N–H and O–H groups in total. The summed E-state index contributed by atoms with van der Waals surface area (Å²) in [6, 6.07) is 9.32. The maximum atomic E-state index is 14.3. The number of aromatic nitrogens is 3. The first-order valence-corrected chi connectivity index (χ1v) is 9.87. The minimum atomic E-state index is -1.13. The second-order valence-electron chi connectivity index (χ2n) is 7.62. The minimum absolute atomic E-state index is 0.139. The second-order valence-corrected chi connectivity index (χ2v) is 7.62. The standard InChI is InChI=1S/C24H21F2N5O/c1-31(2)13-14-6-7-28-21(8-14)15-9-17-19(12-30-24(17)29-11-15)23(32)18(10-27)16-4-3-5-20(25)22(16)26/h3-12H,13,27H2,1-2H3,(H,29,30). The molecule has 0 spiro atoms. The lowest BCUT2D eigenvalue weighted by atomic mass is 9.96. The van der Waals surface area contributed by atoms with Gasteiger partial charge in [-0.3, -0.25) is 9.78 Å². The Bertz CT molecular complexity index is 1340. The van der Waals surface area contributed by atoms with Crippen molar-refractivity contribution < 1.29 is 13.6 Å². The van der Waals surface area contributed by atoms with Gasteiger partial charge in [0.15, 0.2) is 17.4 Å². The van der Waals surface area contributed by atoms with Crippen molar-refractivity contribution in [1.82, 2.24) is 19.9 Å². The largest absolute Gasteiger partial charge is 0.404 e. The van der Waals surface area contributed by atoms with Crippen LogP contribution in [0.3, 0.4) is 0 Å². The van der Waals surface area contributed by atoms with E-state index in [1.807, 2.05) is 26.2 Å². The van der Waals surface area contributed by atoms with E-state index in [-0.39, 0.29) is 16.7 Å². The summed E-state index contributed by atoms with van der Waals surface area (Å²) < 4.78 is 28.0. The second kappa shape index (κ2) is 8.68. The highest BCUT2D eigenvalue weighted by Gasteiger charge is 2.22. The predicted octanol–water partition coefficient (Wildman–Crippen LogP) is 4.15. The van der Waals surface area contributed by atoms with Crippen LogP contribution in [0.2, 0.25) is 0 Å². The summed E-state index contributed by atoms with van der Waals surface area (Å²) in [5.74, 6) is -2.73. The molecule has 8 heteroatoms. The van der Waals surface area contributed by atoms with E-state index in [1.54, 1.807) is 18.5 Å². The quantitative estimate of drug-likeness (QED) is 0.352. The van der Waals surface area contributed by atoms with Gasteiger partial charge >= 0.3 is 0 Å². The number of Topliss-reactive ketones (excluding diaryl/α,β-unsaturated/α-hetero) is 1. The Morgan fingerprint density at radius 1 is 1.16 bits per heavy atom. The summed E-state index contributed by atoms with van der Waals surface area (Å²) in [6.45, 7) is 0.753. The van der Waals surface area contributed by atoms with Gasteiger partial charge in [-0.25, -0.2) is 13.8 Å². The lowest BCUT2D eigenvalue weighted by Crippen LogP contribution is -2.10. The van der Waals surface area contributed by atoms with Crippen LogP contribution in [0.4, 0.5) is 8.78 Å². The molecule has 0 radical (unpaired) electrons. The molecule has 4 aromatic rings. The van der Waals surface area contributed by atoms with E-state index in [0.717, 1.165) is 29.9 Å². The number of aromatic amines is 1. The summed E-state index contributed by atoms with van der Waals surface area (Å²) in [4.78, 5) is 27.1. The van der Waals surface area contributed by atoms with Crippen molar-refractivity contribution in [1.29, 1.82) is 0 Å². The third-order valence-electron chi connectivity index (χ3n) is 5.05. The summed E-state index contributed by atoms with van der Waals surface area (Å²) >= 11 is 0. The van der Waals surface area contributed by atoms with E-state index < -0.39 is 17.4 Å². The Balaban J connectivity index is 1.76. The molecule has 0 saturated heterocycles. The van der Waals surface area contributed by atoms with Gasteiger partial charge in [0.2, 0.25) is 0 Å². The number of H-pyrrole nitrogens is 1. The van der Waals surface area contributed by atoms with Crippen LogP contribution in [0.5, 0.6) is 0 Å². The molecule has 3 heterocycles. The summed E-state index contributed by atoms with van der Waals surface area (Å²) in [5, 5.41) is 0.531. The number of nitrogens with one attached hydrogen (secondary N) is 1. The van der Waals surface area contributed by atoms with Gasteiger partial charge in [-0.05, 0) is 43.9 Å². The monoisotopic (exact) mass is 433 g/mol. The number of fused-ring (bicyclic) bond motifs is 1. The third-order valence-corrected chi connectivity index (χ3v) is 5.05. The first-order chi connectivity index (χ1) is 15.4. The maximum Gasteiger partial charge on any atom is 0.197 e. The highest BCUT2D eigenvalue weighted by molar-refractivity contribution is 6.32. The molecule has 0 fully saturated rings. The van der Waals surface area contributed by atoms with E-state index >= 15 is 0 Å². The third kappa shape index (κ3) is 4.00. The molecule has 0 atom stereocenters. The van der Waals surface area contributed by atoms with Gasteiger partial charge < -0.3 is 15.6 Å². The maximum absolute atomic E-state index is 14.3. The molecule has 0 unspecified atom stereocenters. The fraction of sp³-hybridized carbons (Fsp3) is 0.125. The van der Waals surface area contributed by atoms with Gasteiger partial charge in [0, 0.05) is 59.0 Å². The molecular formula is C24H21F2N5O. The lowest BCUT2D eigenvalue weighted by molar-refractivity contribution is 0.105. The topological polar surface area (TPSA) is 87.9 Å². The normalized spacial score (nSPS) is 12.0. The number of nitrogens with two attached hydrogens (primary N) is 1. The molecule has 1 aromatic carbocycles. The first kappa shape index (κ1) is 21.3. The van der Waals surface area contributed by atoms with Gasteiger partial charge in [-0.1, -0.05) is 12.1 Å². The van der Waals surface area contributed by atoms with Crippen LogP contribution < -0.4 is 5.73 Å². The Kier molecular flexibility index (Phi) is 5.79. The number of nitrogens with zero attached hydrogens (tertiary/aromatic N) is 3. The van der Waals surface area contributed by atoms with Gasteiger partial charge in [0.1, 0.15) is 5.65 Å². The van der Waals surface area contributed by atoms with Crippen LogP contribution in [0.1, 0.15) is 21.5 Å². The van der Waals surface area contributed by atoms with Crippen molar-refractivity contribution in [3.05, 3.63) is 89.5 Å². The number of carbonyl (C=O) groups is 1. The number of hydrogen-bond donors (Lipinski definition) is 2. The number of halogens is 2. The predicted molar refractivity (Wildman–Crippen MR) is 120 cm³/mol. The number of hydrogen-bond acceptors (Lipinski definition) is 5. The zero-order valence-electron chi connectivity index (χ0n) is 17.6. The Labute approximate surface area is 183 Å². The first-order valence-electron chi connectivity index (χ1n) is 9.87. The lowest BCUT2D eigenvalue weighted by Gasteiger charge is -2.10. The number of rotatable bonds is 6. The van der Waals surface area contributed by atoms with Gasteiger partial charge in [-0.15, -0.1) is 0 Å². The highest BCUT2D eigenvalue weighted by Crippen LogP contribution is 2.29. The Hall–Kier alpha value is -3.91. The number of benzene rings is 1. The molecule has 0 bridgehead atoms. The number of ketones is 1. The van der Waals surface area contributed by atoms with E-state index in [2.05, 4.69) is 19.9 Å². The summed E-state index contributed by atoms with van der Waals surface area (Å²) in [6.07, 6.45) is 5.87. The minimum Gasteiger partial charge on any atom is -0.404 e.